The molecular weight excluding hydrogens is 528 g/mol. The number of carbonyl (C=O) groups is 3. The van der Waals surface area contributed by atoms with E-state index >= 15 is 0 Å². The van der Waals surface area contributed by atoms with Crippen LogP contribution in [0.3, 0.4) is 0 Å². The van der Waals surface area contributed by atoms with E-state index in [1.54, 1.807) is 17.2 Å². The highest BCUT2D eigenvalue weighted by molar-refractivity contribution is 5.96. The second-order valence-electron chi connectivity index (χ2n) is 11.6. The van der Waals surface area contributed by atoms with E-state index in [2.05, 4.69) is 26.3 Å². The minimum absolute atomic E-state index is 0.0141. The lowest BCUT2D eigenvalue weighted by atomic mass is 9.81. The molecule has 0 bridgehead atoms. The van der Waals surface area contributed by atoms with Gasteiger partial charge in [0.2, 0.25) is 17.7 Å². The Bertz CT molecular complexity index is 1420. The van der Waals surface area contributed by atoms with E-state index in [4.69, 9.17) is 0 Å². The topological polar surface area (TPSA) is 115 Å². The SMILES string of the molecule is CNCc1ccccc1CN(CC(=O)Nc1ccc2c(c1)C[C@H](C(=O)Nc1ccccn1)C2)C(=O)C1(C)CCCNC1. The Morgan fingerprint density at radius 3 is 2.52 bits per heavy atom. The largest absolute Gasteiger partial charge is 0.329 e. The number of nitrogens with one attached hydrogen (secondary N) is 4. The second-order valence-corrected chi connectivity index (χ2v) is 11.6. The summed E-state index contributed by atoms with van der Waals surface area (Å²) in [6.07, 6.45) is 4.60. The summed E-state index contributed by atoms with van der Waals surface area (Å²) in [5.41, 5.74) is 4.37. The highest BCUT2D eigenvalue weighted by atomic mass is 16.2. The molecule has 1 aliphatic heterocycles. The number of amides is 3. The van der Waals surface area contributed by atoms with Crippen molar-refractivity contribution in [2.75, 3.05) is 37.3 Å². The van der Waals surface area contributed by atoms with Crippen LogP contribution in [0, 0.1) is 11.3 Å². The zero-order valence-corrected chi connectivity index (χ0v) is 24.4. The van der Waals surface area contributed by atoms with Gasteiger partial charge in [-0.25, -0.2) is 4.98 Å². The molecule has 0 radical (unpaired) electrons. The number of nitrogens with zero attached hydrogens (tertiary/aromatic N) is 2. The third-order valence-corrected chi connectivity index (χ3v) is 8.29. The molecule has 1 fully saturated rings. The van der Waals surface area contributed by atoms with Crippen molar-refractivity contribution in [3.05, 3.63) is 89.1 Å². The number of aromatic nitrogens is 1. The summed E-state index contributed by atoms with van der Waals surface area (Å²) < 4.78 is 0. The van der Waals surface area contributed by atoms with Crippen molar-refractivity contribution in [1.82, 2.24) is 20.5 Å². The third kappa shape index (κ3) is 7.03. The normalized spacial score (nSPS) is 19.5. The van der Waals surface area contributed by atoms with E-state index in [0.29, 0.717) is 44.0 Å². The first-order chi connectivity index (χ1) is 20.3. The van der Waals surface area contributed by atoms with Gasteiger partial charge in [0.05, 0.1) is 5.41 Å². The molecule has 9 nitrogen and oxygen atoms in total. The smallest absolute Gasteiger partial charge is 0.244 e. The molecule has 4 N–H and O–H groups in total. The van der Waals surface area contributed by atoms with Gasteiger partial charge in [0.25, 0.3) is 0 Å². The number of hydrogen-bond donors (Lipinski definition) is 4. The van der Waals surface area contributed by atoms with Gasteiger partial charge in [-0.15, -0.1) is 0 Å². The first kappa shape index (κ1) is 29.4. The summed E-state index contributed by atoms with van der Waals surface area (Å²) in [7, 11) is 1.90. The monoisotopic (exact) mass is 568 g/mol. The fourth-order valence-electron chi connectivity index (χ4n) is 6.02. The Labute approximate surface area is 247 Å². The number of pyridine rings is 1. The van der Waals surface area contributed by atoms with Crippen molar-refractivity contribution in [2.45, 2.75) is 45.7 Å². The molecule has 1 aliphatic carbocycles. The lowest BCUT2D eigenvalue weighted by Gasteiger charge is -2.37. The van der Waals surface area contributed by atoms with Gasteiger partial charge in [-0.3, -0.25) is 14.4 Å². The average molecular weight is 569 g/mol. The van der Waals surface area contributed by atoms with Gasteiger partial charge in [0.1, 0.15) is 12.4 Å². The fraction of sp³-hybridized carbons (Fsp3) is 0.394. The van der Waals surface area contributed by atoms with Gasteiger partial charge in [-0.1, -0.05) is 36.4 Å². The quantitative estimate of drug-likeness (QED) is 0.298. The molecule has 3 amide bonds. The number of piperidine rings is 1. The van der Waals surface area contributed by atoms with Crippen molar-refractivity contribution in [3.63, 3.8) is 0 Å². The molecular formula is C33H40N6O3. The molecule has 42 heavy (non-hydrogen) atoms. The summed E-state index contributed by atoms with van der Waals surface area (Å²) in [5, 5.41) is 12.5. The van der Waals surface area contributed by atoms with Gasteiger partial charge in [-0.2, -0.15) is 0 Å². The lowest BCUT2D eigenvalue weighted by Crippen LogP contribution is -2.51. The lowest BCUT2D eigenvalue weighted by molar-refractivity contribution is -0.145. The van der Waals surface area contributed by atoms with Crippen molar-refractivity contribution in [3.8, 4) is 0 Å². The third-order valence-electron chi connectivity index (χ3n) is 8.29. The van der Waals surface area contributed by atoms with Crippen LogP contribution in [0.1, 0.15) is 42.0 Å². The zero-order chi connectivity index (χ0) is 29.5. The number of anilines is 2. The van der Waals surface area contributed by atoms with Gasteiger partial charge in [0, 0.05) is 37.4 Å². The van der Waals surface area contributed by atoms with Crippen LogP contribution in [0.2, 0.25) is 0 Å². The number of carbonyl (C=O) groups excluding carboxylic acids is 3. The standard InChI is InChI=1S/C33H40N6O3/c1-33(13-7-14-35-22-33)32(42)39(20-25-9-4-3-8-24(25)19-34-2)21-30(40)37-28-12-11-23-16-27(17-26(23)18-28)31(41)38-29-10-5-6-15-36-29/h3-6,8-12,15,18,27,34-35H,7,13-14,16-17,19-22H2,1-2H3,(H,37,40)(H,36,38,41)/t27-,33?/m1/s1. The first-order valence-electron chi connectivity index (χ1n) is 14.7. The van der Waals surface area contributed by atoms with Gasteiger partial charge < -0.3 is 26.2 Å². The summed E-state index contributed by atoms with van der Waals surface area (Å²) >= 11 is 0. The Morgan fingerprint density at radius 1 is 1.00 bits per heavy atom. The van der Waals surface area contributed by atoms with E-state index in [1.807, 2.05) is 68.6 Å². The van der Waals surface area contributed by atoms with Crippen molar-refractivity contribution >= 4 is 29.2 Å². The van der Waals surface area contributed by atoms with E-state index in [0.717, 1.165) is 41.6 Å². The van der Waals surface area contributed by atoms with E-state index in [-0.39, 0.29) is 30.2 Å². The first-order valence-corrected chi connectivity index (χ1v) is 14.7. The van der Waals surface area contributed by atoms with E-state index in [1.165, 1.54) is 0 Å². The molecule has 1 saturated heterocycles. The Balaban J connectivity index is 1.27. The van der Waals surface area contributed by atoms with Crippen LogP contribution < -0.4 is 21.3 Å². The van der Waals surface area contributed by atoms with Crippen LogP contribution in [0.15, 0.2) is 66.9 Å². The van der Waals surface area contributed by atoms with Crippen LogP contribution in [-0.4, -0.2) is 54.3 Å². The maximum Gasteiger partial charge on any atom is 0.244 e. The Morgan fingerprint density at radius 2 is 1.79 bits per heavy atom. The van der Waals surface area contributed by atoms with Gasteiger partial charge >= 0.3 is 0 Å². The Kier molecular flexibility index (Phi) is 9.29. The summed E-state index contributed by atoms with van der Waals surface area (Å²) in [6.45, 7) is 4.48. The van der Waals surface area contributed by atoms with E-state index < -0.39 is 5.41 Å². The van der Waals surface area contributed by atoms with Crippen LogP contribution in [-0.2, 0) is 40.3 Å². The Hall–Kier alpha value is -4.08. The molecule has 3 aromatic rings. The molecule has 2 heterocycles. The number of rotatable bonds is 10. The minimum Gasteiger partial charge on any atom is -0.329 e. The zero-order valence-electron chi connectivity index (χ0n) is 24.4. The molecule has 2 atom stereocenters. The van der Waals surface area contributed by atoms with Crippen LogP contribution in [0.4, 0.5) is 11.5 Å². The van der Waals surface area contributed by atoms with E-state index in [9.17, 15) is 14.4 Å². The molecule has 2 aromatic carbocycles. The second kappa shape index (κ2) is 13.3. The molecule has 0 saturated carbocycles. The summed E-state index contributed by atoms with van der Waals surface area (Å²) in [5.74, 6) is 0.0264. The predicted molar refractivity (Wildman–Crippen MR) is 164 cm³/mol. The fourth-order valence-corrected chi connectivity index (χ4v) is 6.02. The van der Waals surface area contributed by atoms with Gasteiger partial charge in [0.15, 0.2) is 0 Å². The molecule has 0 spiro atoms. The molecule has 220 valence electrons. The molecule has 1 unspecified atom stereocenters. The minimum atomic E-state index is -0.561. The molecule has 5 rings (SSSR count). The molecule has 2 aliphatic rings. The predicted octanol–water partition coefficient (Wildman–Crippen LogP) is 3.51. The highest BCUT2D eigenvalue weighted by Gasteiger charge is 2.38. The maximum absolute atomic E-state index is 13.9. The van der Waals surface area contributed by atoms with Gasteiger partial charge in [-0.05, 0) is 92.7 Å². The molecule has 1 aromatic heterocycles. The van der Waals surface area contributed by atoms with Crippen LogP contribution >= 0.6 is 0 Å². The number of hydrogen-bond acceptors (Lipinski definition) is 6. The van der Waals surface area contributed by atoms with Crippen LogP contribution in [0.5, 0.6) is 0 Å². The maximum atomic E-state index is 13.9. The average Bonchev–Trinajstić information content (AvgIpc) is 3.42. The molecule has 9 heteroatoms. The summed E-state index contributed by atoms with van der Waals surface area (Å²) in [4.78, 5) is 46.0. The van der Waals surface area contributed by atoms with Crippen molar-refractivity contribution in [1.29, 1.82) is 0 Å². The highest BCUT2D eigenvalue weighted by Crippen LogP contribution is 2.31. The summed E-state index contributed by atoms with van der Waals surface area (Å²) in [6, 6.07) is 19.2. The number of fused-ring (bicyclic) bond motifs is 1. The van der Waals surface area contributed by atoms with Crippen molar-refractivity contribution < 1.29 is 14.4 Å². The number of benzene rings is 2. The van der Waals surface area contributed by atoms with Crippen LogP contribution in [0.25, 0.3) is 0 Å². The van der Waals surface area contributed by atoms with Crippen molar-refractivity contribution in [2.24, 2.45) is 11.3 Å².